The van der Waals surface area contributed by atoms with Crippen LogP contribution in [0, 0.1) is 5.41 Å². The summed E-state index contributed by atoms with van der Waals surface area (Å²) in [5.41, 5.74) is 0.214. The molecule has 2 atom stereocenters. The minimum absolute atomic E-state index is 0.123. The van der Waals surface area contributed by atoms with Gasteiger partial charge >= 0.3 is 5.97 Å². The molecular formula is C14H28N2O2. The summed E-state index contributed by atoms with van der Waals surface area (Å²) in [6, 6.07) is 0.644. The normalized spacial score (nSPS) is 27.7. The highest BCUT2D eigenvalue weighted by Crippen LogP contribution is 2.26. The lowest BCUT2D eigenvalue weighted by Gasteiger charge is -2.33. The summed E-state index contributed by atoms with van der Waals surface area (Å²) < 4.78 is 0. The van der Waals surface area contributed by atoms with Crippen LogP contribution in [0.4, 0.5) is 0 Å². The molecule has 0 aromatic rings. The molecule has 1 rings (SSSR count). The first-order chi connectivity index (χ1) is 8.25. The van der Waals surface area contributed by atoms with Crippen molar-refractivity contribution in [2.75, 3.05) is 26.7 Å². The fourth-order valence-corrected chi connectivity index (χ4v) is 2.89. The minimum Gasteiger partial charge on any atom is -0.481 e. The van der Waals surface area contributed by atoms with E-state index >= 15 is 0 Å². The summed E-state index contributed by atoms with van der Waals surface area (Å²) in [4.78, 5) is 15.7. The smallest absolute Gasteiger partial charge is 0.304 e. The van der Waals surface area contributed by atoms with Crippen LogP contribution in [0.15, 0.2) is 0 Å². The lowest BCUT2D eigenvalue weighted by Crippen LogP contribution is -2.43. The van der Waals surface area contributed by atoms with Crippen molar-refractivity contribution in [3.05, 3.63) is 0 Å². The Morgan fingerprint density at radius 1 is 1.44 bits per heavy atom. The van der Waals surface area contributed by atoms with Crippen molar-refractivity contribution in [2.24, 2.45) is 5.41 Å². The molecule has 4 nitrogen and oxygen atoms in total. The van der Waals surface area contributed by atoms with Crippen LogP contribution in [0.1, 0.15) is 40.5 Å². The zero-order chi connectivity index (χ0) is 13.9. The molecule has 0 aromatic heterocycles. The molecule has 0 aliphatic carbocycles. The van der Waals surface area contributed by atoms with Gasteiger partial charge in [0.2, 0.25) is 0 Å². The molecule has 1 N–H and O–H groups in total. The Labute approximate surface area is 111 Å². The highest BCUT2D eigenvalue weighted by Gasteiger charge is 2.34. The molecule has 0 spiro atoms. The second-order valence-electron chi connectivity index (χ2n) is 6.52. The third-order valence-electron chi connectivity index (χ3n) is 4.00. The van der Waals surface area contributed by atoms with Gasteiger partial charge in [0.15, 0.2) is 0 Å². The number of hydrogen-bond donors (Lipinski definition) is 1. The molecule has 2 unspecified atom stereocenters. The SMILES string of the molecule is CCC(C)N1CC(CC(=O)O)N(C)CC(C)(C)C1. The van der Waals surface area contributed by atoms with Crippen molar-refractivity contribution < 1.29 is 9.90 Å². The number of carboxylic acid groups (broad SMARTS) is 1. The van der Waals surface area contributed by atoms with Gasteiger partial charge in [0.05, 0.1) is 6.42 Å². The van der Waals surface area contributed by atoms with Crippen molar-refractivity contribution in [3.8, 4) is 0 Å². The first kappa shape index (κ1) is 15.4. The maximum atomic E-state index is 11.0. The monoisotopic (exact) mass is 256 g/mol. The Hall–Kier alpha value is -0.610. The van der Waals surface area contributed by atoms with Gasteiger partial charge in [-0.3, -0.25) is 9.69 Å². The molecule has 0 aromatic carbocycles. The predicted octanol–water partition coefficient (Wildman–Crippen LogP) is 1.90. The third-order valence-corrected chi connectivity index (χ3v) is 4.00. The van der Waals surface area contributed by atoms with E-state index in [9.17, 15) is 4.79 Å². The van der Waals surface area contributed by atoms with Crippen LogP contribution in [0.3, 0.4) is 0 Å². The minimum atomic E-state index is -0.698. The molecule has 1 fully saturated rings. The first-order valence-electron chi connectivity index (χ1n) is 6.91. The Kier molecular flexibility index (Phi) is 5.17. The lowest BCUT2D eigenvalue weighted by atomic mass is 9.92. The molecule has 1 saturated heterocycles. The van der Waals surface area contributed by atoms with Gasteiger partial charge in [-0.15, -0.1) is 0 Å². The van der Waals surface area contributed by atoms with Gasteiger partial charge < -0.3 is 10.0 Å². The lowest BCUT2D eigenvalue weighted by molar-refractivity contribution is -0.138. The van der Waals surface area contributed by atoms with Crippen LogP contribution in [-0.4, -0.2) is 59.6 Å². The highest BCUT2D eigenvalue weighted by molar-refractivity contribution is 5.67. The molecule has 0 amide bonds. The number of nitrogens with zero attached hydrogens (tertiary/aromatic N) is 2. The quantitative estimate of drug-likeness (QED) is 0.834. The van der Waals surface area contributed by atoms with Crippen molar-refractivity contribution in [3.63, 3.8) is 0 Å². The van der Waals surface area contributed by atoms with Gasteiger partial charge in [-0.1, -0.05) is 20.8 Å². The summed E-state index contributed by atoms with van der Waals surface area (Å²) in [6.07, 6.45) is 1.35. The number of carboxylic acids is 1. The third kappa shape index (κ3) is 4.25. The average molecular weight is 256 g/mol. The van der Waals surface area contributed by atoms with E-state index in [-0.39, 0.29) is 17.9 Å². The summed E-state index contributed by atoms with van der Waals surface area (Å²) in [5.74, 6) is -0.698. The summed E-state index contributed by atoms with van der Waals surface area (Å²) in [5, 5.41) is 9.04. The summed E-state index contributed by atoms with van der Waals surface area (Å²) in [6.45, 7) is 11.8. The van der Waals surface area contributed by atoms with Crippen molar-refractivity contribution in [1.29, 1.82) is 0 Å². The standard InChI is InChI=1S/C14H28N2O2/c1-6-11(2)16-8-12(7-13(17)18)15(5)9-14(3,4)10-16/h11-12H,6-10H2,1-5H3,(H,17,18). The number of likely N-dealkylation sites (N-methyl/N-ethyl adjacent to an activating group) is 1. The topological polar surface area (TPSA) is 43.8 Å². The fraction of sp³-hybridized carbons (Fsp3) is 0.929. The van der Waals surface area contributed by atoms with Crippen LogP contribution in [0.25, 0.3) is 0 Å². The van der Waals surface area contributed by atoms with E-state index in [1.54, 1.807) is 0 Å². The van der Waals surface area contributed by atoms with Gasteiger partial charge in [0, 0.05) is 31.7 Å². The van der Waals surface area contributed by atoms with Crippen molar-refractivity contribution in [1.82, 2.24) is 9.80 Å². The highest BCUT2D eigenvalue weighted by atomic mass is 16.4. The first-order valence-corrected chi connectivity index (χ1v) is 6.91. The molecule has 1 aliphatic rings. The molecule has 1 aliphatic heterocycles. The van der Waals surface area contributed by atoms with E-state index < -0.39 is 5.97 Å². The number of carbonyl (C=O) groups is 1. The second kappa shape index (κ2) is 6.02. The fourth-order valence-electron chi connectivity index (χ4n) is 2.89. The zero-order valence-corrected chi connectivity index (χ0v) is 12.4. The predicted molar refractivity (Wildman–Crippen MR) is 73.8 cm³/mol. The van der Waals surface area contributed by atoms with E-state index in [1.165, 1.54) is 0 Å². The molecule has 106 valence electrons. The summed E-state index contributed by atoms with van der Waals surface area (Å²) in [7, 11) is 2.05. The van der Waals surface area contributed by atoms with E-state index in [1.807, 2.05) is 0 Å². The van der Waals surface area contributed by atoms with E-state index in [0.29, 0.717) is 6.04 Å². The Balaban J connectivity index is 2.84. The Bertz CT molecular complexity index is 292. The largest absolute Gasteiger partial charge is 0.481 e. The summed E-state index contributed by atoms with van der Waals surface area (Å²) >= 11 is 0. The average Bonchev–Trinajstić information content (AvgIpc) is 2.34. The van der Waals surface area contributed by atoms with E-state index in [2.05, 4.69) is 44.5 Å². The number of rotatable bonds is 4. The maximum absolute atomic E-state index is 11.0. The molecule has 4 heteroatoms. The Morgan fingerprint density at radius 2 is 2.06 bits per heavy atom. The van der Waals surface area contributed by atoms with Crippen molar-refractivity contribution >= 4 is 5.97 Å². The van der Waals surface area contributed by atoms with Crippen LogP contribution in [-0.2, 0) is 4.79 Å². The van der Waals surface area contributed by atoms with Gasteiger partial charge in [-0.05, 0) is 25.8 Å². The zero-order valence-electron chi connectivity index (χ0n) is 12.4. The molecule has 0 bridgehead atoms. The van der Waals surface area contributed by atoms with Crippen molar-refractivity contribution in [2.45, 2.75) is 52.6 Å². The van der Waals surface area contributed by atoms with E-state index in [0.717, 1.165) is 26.1 Å². The van der Waals surface area contributed by atoms with Gasteiger partial charge in [0.1, 0.15) is 0 Å². The number of hydrogen-bond acceptors (Lipinski definition) is 3. The van der Waals surface area contributed by atoms with E-state index in [4.69, 9.17) is 5.11 Å². The molecule has 18 heavy (non-hydrogen) atoms. The molecular weight excluding hydrogens is 228 g/mol. The second-order valence-corrected chi connectivity index (χ2v) is 6.52. The molecule has 1 heterocycles. The van der Waals surface area contributed by atoms with Crippen LogP contribution in [0.5, 0.6) is 0 Å². The van der Waals surface area contributed by atoms with Gasteiger partial charge in [-0.25, -0.2) is 0 Å². The van der Waals surface area contributed by atoms with Crippen LogP contribution >= 0.6 is 0 Å². The van der Waals surface area contributed by atoms with Crippen LogP contribution in [0.2, 0.25) is 0 Å². The maximum Gasteiger partial charge on any atom is 0.304 e. The molecule has 0 saturated carbocycles. The van der Waals surface area contributed by atoms with Gasteiger partial charge in [-0.2, -0.15) is 0 Å². The van der Waals surface area contributed by atoms with Crippen LogP contribution < -0.4 is 0 Å². The molecule has 0 radical (unpaired) electrons. The van der Waals surface area contributed by atoms with Gasteiger partial charge in [0.25, 0.3) is 0 Å². The number of aliphatic carboxylic acids is 1. The Morgan fingerprint density at radius 3 is 2.56 bits per heavy atom.